The second-order valence-electron chi connectivity index (χ2n) is 11.6. The van der Waals surface area contributed by atoms with Gasteiger partial charge in [-0.2, -0.15) is 0 Å². The fourth-order valence-corrected chi connectivity index (χ4v) is 9.61. The van der Waals surface area contributed by atoms with Gasteiger partial charge in [-0.15, -0.1) is 0 Å². The first-order valence-electron chi connectivity index (χ1n) is 8.96. The molecule has 4 aliphatic rings. The van der Waals surface area contributed by atoms with Crippen LogP contribution >= 0.6 is 0 Å². The third-order valence-electron chi connectivity index (χ3n) is 12.2. The number of rotatable bonds is 0. The molecule has 0 amide bonds. The second-order valence-corrected chi connectivity index (χ2v) is 11.6. The Bertz CT molecular complexity index is 518. The highest BCUT2D eigenvalue weighted by atomic mass is 15.0. The largest absolute Gasteiger partial charge is 0.0588 e. The van der Waals surface area contributed by atoms with Crippen molar-refractivity contribution in [3.63, 3.8) is 0 Å². The Morgan fingerprint density at radius 2 is 0.714 bits per heavy atom. The lowest BCUT2D eigenvalue weighted by molar-refractivity contribution is -0.268. The minimum Gasteiger partial charge on any atom is -0.0588 e. The van der Waals surface area contributed by atoms with E-state index in [0.717, 1.165) is 0 Å². The molecular formula is C21H38. The van der Waals surface area contributed by atoms with Crippen molar-refractivity contribution in [1.29, 1.82) is 0 Å². The summed E-state index contributed by atoms with van der Waals surface area (Å²) in [5, 5.41) is 0. The first-order chi connectivity index (χ1) is 8.96. The van der Waals surface area contributed by atoms with Gasteiger partial charge >= 0.3 is 0 Å². The van der Waals surface area contributed by atoms with Crippen molar-refractivity contribution < 1.29 is 0 Å². The van der Waals surface area contributed by atoms with Gasteiger partial charge in [0.15, 0.2) is 0 Å². The molecule has 4 fully saturated rings. The van der Waals surface area contributed by atoms with Crippen LogP contribution in [0.4, 0.5) is 0 Å². The standard InChI is InChI=1S/C21H38/c1-14(2)18(9)13-19(10)16(5,6)20(14,11)17(7,8)21(19,12)15(18,3)4/h13H2,1-12H3. The van der Waals surface area contributed by atoms with Crippen LogP contribution in [0.25, 0.3) is 0 Å². The fraction of sp³-hybridized carbons (Fsp3) is 1.00. The van der Waals surface area contributed by atoms with E-state index >= 15 is 0 Å². The number of hydrogen-bond donors (Lipinski definition) is 0. The molecule has 4 aliphatic carbocycles. The molecule has 4 bridgehead atoms. The highest BCUT2D eigenvalue weighted by molar-refractivity contribution is 5.41. The van der Waals surface area contributed by atoms with E-state index < -0.39 is 0 Å². The van der Waals surface area contributed by atoms with Crippen LogP contribution in [0.1, 0.15) is 89.5 Å². The van der Waals surface area contributed by atoms with Gasteiger partial charge in [-0.05, 0) is 49.7 Å². The molecule has 0 spiro atoms. The van der Waals surface area contributed by atoms with Crippen molar-refractivity contribution in [2.24, 2.45) is 43.3 Å². The third kappa shape index (κ3) is 0.856. The Morgan fingerprint density at radius 3 is 1.10 bits per heavy atom. The Kier molecular flexibility index (Phi) is 2.27. The first-order valence-corrected chi connectivity index (χ1v) is 8.96. The second kappa shape index (κ2) is 3.01. The van der Waals surface area contributed by atoms with Crippen molar-refractivity contribution >= 4 is 0 Å². The van der Waals surface area contributed by atoms with Gasteiger partial charge in [-0.1, -0.05) is 83.1 Å². The normalized spacial score (nSPS) is 57.7. The summed E-state index contributed by atoms with van der Waals surface area (Å²) < 4.78 is 0. The molecule has 0 saturated heterocycles. The molecule has 0 aliphatic heterocycles. The smallest absolute Gasteiger partial charge is 0.0153 e. The summed E-state index contributed by atoms with van der Waals surface area (Å²) in [5.41, 5.74) is 2.92. The van der Waals surface area contributed by atoms with E-state index in [9.17, 15) is 0 Å². The van der Waals surface area contributed by atoms with Crippen LogP contribution < -0.4 is 0 Å². The van der Waals surface area contributed by atoms with Gasteiger partial charge in [0.2, 0.25) is 0 Å². The predicted octanol–water partition coefficient (Wildman–Crippen LogP) is 6.55. The van der Waals surface area contributed by atoms with Crippen molar-refractivity contribution in [3.05, 3.63) is 0 Å². The lowest BCUT2D eigenvalue weighted by atomic mass is 9.30. The maximum atomic E-state index is 2.64. The van der Waals surface area contributed by atoms with Gasteiger partial charge in [0, 0.05) is 0 Å². The molecule has 4 unspecified atom stereocenters. The molecule has 4 saturated carbocycles. The molecular weight excluding hydrogens is 252 g/mol. The molecule has 0 aromatic rings. The van der Waals surface area contributed by atoms with E-state index in [1.54, 1.807) is 0 Å². The van der Waals surface area contributed by atoms with Crippen LogP contribution in [0.5, 0.6) is 0 Å². The van der Waals surface area contributed by atoms with Crippen molar-refractivity contribution in [2.75, 3.05) is 0 Å². The minimum absolute atomic E-state index is 0.335. The average Bonchev–Trinajstić information content (AvgIpc) is 2.46. The highest BCUT2D eigenvalue weighted by Crippen LogP contribution is 2.99. The summed E-state index contributed by atoms with van der Waals surface area (Å²) in [6.07, 6.45) is 1.38. The highest BCUT2D eigenvalue weighted by Gasteiger charge is 2.93. The van der Waals surface area contributed by atoms with E-state index in [1.807, 2.05) is 0 Å². The summed E-state index contributed by atoms with van der Waals surface area (Å²) in [6, 6.07) is 0. The van der Waals surface area contributed by atoms with Crippen molar-refractivity contribution in [2.45, 2.75) is 89.5 Å². The van der Waals surface area contributed by atoms with E-state index in [0.29, 0.717) is 43.3 Å². The van der Waals surface area contributed by atoms with Gasteiger partial charge in [0.05, 0.1) is 0 Å². The van der Waals surface area contributed by atoms with Crippen molar-refractivity contribution in [3.8, 4) is 0 Å². The molecule has 21 heavy (non-hydrogen) atoms. The maximum Gasteiger partial charge on any atom is -0.0153 e. The lowest BCUT2D eigenvalue weighted by Crippen LogP contribution is -2.69. The third-order valence-corrected chi connectivity index (χ3v) is 12.2. The van der Waals surface area contributed by atoms with Crippen LogP contribution in [0, 0.1) is 43.3 Å². The minimum atomic E-state index is 0.335. The van der Waals surface area contributed by atoms with Gasteiger partial charge in [-0.25, -0.2) is 0 Å². The topological polar surface area (TPSA) is 0 Å². The Balaban J connectivity index is 2.55. The zero-order chi connectivity index (χ0) is 16.7. The average molecular weight is 291 g/mol. The van der Waals surface area contributed by atoms with Gasteiger partial charge in [0.1, 0.15) is 0 Å². The molecule has 4 rings (SSSR count). The van der Waals surface area contributed by atoms with E-state index in [2.05, 4.69) is 83.1 Å². The summed E-state index contributed by atoms with van der Waals surface area (Å²) in [4.78, 5) is 0. The SMILES string of the molecule is CC1(C)C2(C)CC3(C)C(C)(C)C1(C)C(C)(C)C3(C)C2(C)C. The van der Waals surface area contributed by atoms with Crippen LogP contribution in [-0.4, -0.2) is 0 Å². The molecule has 0 heteroatoms. The summed E-state index contributed by atoms with van der Waals surface area (Å²) in [6.45, 7) is 31.2. The van der Waals surface area contributed by atoms with Crippen molar-refractivity contribution in [1.82, 2.24) is 0 Å². The Hall–Kier alpha value is 0. The molecule has 0 nitrogen and oxygen atoms in total. The first kappa shape index (κ1) is 15.9. The van der Waals surface area contributed by atoms with E-state index in [1.165, 1.54) is 6.42 Å². The summed E-state index contributed by atoms with van der Waals surface area (Å²) in [7, 11) is 0. The van der Waals surface area contributed by atoms with Gasteiger partial charge in [0.25, 0.3) is 0 Å². The van der Waals surface area contributed by atoms with Gasteiger partial charge < -0.3 is 0 Å². The van der Waals surface area contributed by atoms with E-state index in [4.69, 9.17) is 0 Å². The monoisotopic (exact) mass is 290 g/mol. The number of hydrogen-bond acceptors (Lipinski definition) is 0. The molecule has 4 atom stereocenters. The quantitative estimate of drug-likeness (QED) is 0.474. The van der Waals surface area contributed by atoms with Gasteiger partial charge in [-0.3, -0.25) is 0 Å². The molecule has 0 heterocycles. The molecule has 122 valence electrons. The van der Waals surface area contributed by atoms with Crippen LogP contribution in [0.2, 0.25) is 0 Å². The predicted molar refractivity (Wildman–Crippen MR) is 92.2 cm³/mol. The zero-order valence-corrected chi connectivity index (χ0v) is 16.7. The van der Waals surface area contributed by atoms with Crippen LogP contribution in [-0.2, 0) is 0 Å². The fourth-order valence-electron chi connectivity index (χ4n) is 9.61. The Labute approximate surface area is 133 Å². The molecule has 0 N–H and O–H groups in total. The summed E-state index contributed by atoms with van der Waals surface area (Å²) >= 11 is 0. The summed E-state index contributed by atoms with van der Waals surface area (Å²) in [5.74, 6) is 0. The van der Waals surface area contributed by atoms with E-state index in [-0.39, 0.29) is 0 Å². The zero-order valence-electron chi connectivity index (χ0n) is 16.7. The maximum absolute atomic E-state index is 2.64. The van der Waals surface area contributed by atoms with Crippen LogP contribution in [0.15, 0.2) is 0 Å². The Morgan fingerprint density at radius 1 is 0.381 bits per heavy atom. The molecule has 0 radical (unpaired) electrons. The lowest BCUT2D eigenvalue weighted by Gasteiger charge is -2.74. The van der Waals surface area contributed by atoms with Crippen LogP contribution in [0.3, 0.4) is 0 Å². The molecule has 0 aromatic carbocycles. The molecule has 0 aromatic heterocycles.